The Kier molecular flexibility index (Phi) is 5.53. The van der Waals surface area contributed by atoms with Crippen molar-refractivity contribution in [2.75, 3.05) is 18.4 Å². The minimum Gasteiger partial charge on any atom is -0.370 e. The third kappa shape index (κ3) is 4.76. The molecule has 6 heteroatoms. The van der Waals surface area contributed by atoms with Gasteiger partial charge in [-0.1, -0.05) is 27.7 Å². The Hall–Kier alpha value is -1.14. The highest BCUT2D eigenvalue weighted by Gasteiger charge is 2.23. The van der Waals surface area contributed by atoms with Crippen molar-refractivity contribution in [2.24, 2.45) is 11.3 Å². The summed E-state index contributed by atoms with van der Waals surface area (Å²) in [6.07, 6.45) is 1.50. The van der Waals surface area contributed by atoms with Crippen LogP contribution in [0, 0.1) is 11.3 Å². The van der Waals surface area contributed by atoms with Gasteiger partial charge < -0.3 is 5.32 Å². The summed E-state index contributed by atoms with van der Waals surface area (Å²) in [5, 5.41) is 3.01. The van der Waals surface area contributed by atoms with Gasteiger partial charge in [-0.25, -0.2) is 18.1 Å². The fourth-order valence-corrected chi connectivity index (χ4v) is 2.62. The molecular weight excluding hydrogens is 274 g/mol. The second-order valence-electron chi connectivity index (χ2n) is 6.03. The summed E-state index contributed by atoms with van der Waals surface area (Å²) in [7, 11) is -3.49. The molecule has 5 nitrogen and oxygen atoms in total. The predicted molar refractivity (Wildman–Crippen MR) is 82.2 cm³/mol. The van der Waals surface area contributed by atoms with Crippen molar-refractivity contribution in [3.8, 4) is 0 Å². The topological polar surface area (TPSA) is 71.1 Å². The van der Waals surface area contributed by atoms with Crippen LogP contribution in [-0.4, -0.2) is 26.5 Å². The van der Waals surface area contributed by atoms with E-state index < -0.39 is 10.0 Å². The molecule has 0 spiro atoms. The summed E-state index contributed by atoms with van der Waals surface area (Å²) >= 11 is 0. The summed E-state index contributed by atoms with van der Waals surface area (Å²) in [6.45, 7) is 11.4. The first-order chi connectivity index (χ1) is 9.16. The highest BCUT2D eigenvalue weighted by molar-refractivity contribution is 7.89. The zero-order chi connectivity index (χ0) is 15.4. The maximum absolute atomic E-state index is 12.3. The van der Waals surface area contributed by atoms with E-state index in [1.165, 1.54) is 12.3 Å². The molecular formula is C14H25N3O2S. The van der Waals surface area contributed by atoms with Crippen LogP contribution in [0.25, 0.3) is 0 Å². The van der Waals surface area contributed by atoms with Crippen molar-refractivity contribution >= 4 is 15.8 Å². The second-order valence-corrected chi connectivity index (χ2v) is 7.79. The van der Waals surface area contributed by atoms with Crippen molar-refractivity contribution < 1.29 is 8.42 Å². The molecule has 114 valence electrons. The number of anilines is 1. The minimum absolute atomic E-state index is 0.0652. The maximum atomic E-state index is 12.3. The summed E-state index contributed by atoms with van der Waals surface area (Å²) < 4.78 is 27.2. The second kappa shape index (κ2) is 6.54. The normalized spacial score (nSPS) is 14.1. The fraction of sp³-hybridized carbons (Fsp3) is 0.643. The molecule has 0 aromatic carbocycles. The number of hydrogen-bond donors (Lipinski definition) is 2. The Labute approximate surface area is 122 Å². The van der Waals surface area contributed by atoms with E-state index in [4.69, 9.17) is 0 Å². The molecule has 0 radical (unpaired) electrons. The van der Waals surface area contributed by atoms with Gasteiger partial charge in [0.05, 0.1) is 4.90 Å². The van der Waals surface area contributed by atoms with Crippen LogP contribution >= 0.6 is 0 Å². The average Bonchev–Trinajstić information content (AvgIpc) is 2.35. The van der Waals surface area contributed by atoms with Crippen molar-refractivity contribution in [3.63, 3.8) is 0 Å². The number of aromatic nitrogens is 1. The first-order valence-electron chi connectivity index (χ1n) is 6.86. The molecule has 1 aromatic heterocycles. The van der Waals surface area contributed by atoms with Gasteiger partial charge in [0, 0.05) is 25.4 Å². The highest BCUT2D eigenvalue weighted by atomic mass is 32.2. The Morgan fingerprint density at radius 3 is 2.55 bits per heavy atom. The summed E-state index contributed by atoms with van der Waals surface area (Å²) in [5.74, 6) is 0.812. The van der Waals surface area contributed by atoms with Gasteiger partial charge in [0.25, 0.3) is 0 Å². The zero-order valence-corrected chi connectivity index (χ0v) is 13.7. The van der Waals surface area contributed by atoms with Gasteiger partial charge in [0.15, 0.2) is 0 Å². The molecule has 20 heavy (non-hydrogen) atoms. The minimum atomic E-state index is -3.49. The van der Waals surface area contributed by atoms with E-state index in [0.29, 0.717) is 18.9 Å². The van der Waals surface area contributed by atoms with Gasteiger partial charge in [-0.3, -0.25) is 0 Å². The maximum Gasteiger partial charge on any atom is 0.240 e. The zero-order valence-electron chi connectivity index (χ0n) is 12.9. The van der Waals surface area contributed by atoms with E-state index in [9.17, 15) is 8.42 Å². The number of rotatable bonds is 6. The lowest BCUT2D eigenvalue weighted by molar-refractivity contribution is 0.263. The number of pyridine rings is 1. The van der Waals surface area contributed by atoms with Crippen LogP contribution < -0.4 is 10.0 Å². The van der Waals surface area contributed by atoms with E-state index in [2.05, 4.69) is 35.8 Å². The van der Waals surface area contributed by atoms with Gasteiger partial charge in [-0.2, -0.15) is 0 Å². The molecule has 0 aliphatic carbocycles. The number of sulfonamides is 1. The lowest BCUT2D eigenvalue weighted by Crippen LogP contribution is -2.33. The standard InChI is InChI=1S/C14H25N3O2S/c1-6-15-13-9-12(7-8-16-13)20(18,19)17-10-11(2)14(3,4)5/h7-9,11,17H,6,10H2,1-5H3,(H,15,16). The molecule has 2 N–H and O–H groups in total. The lowest BCUT2D eigenvalue weighted by atomic mass is 9.82. The van der Waals surface area contributed by atoms with E-state index in [1.54, 1.807) is 6.07 Å². The SMILES string of the molecule is CCNc1cc(S(=O)(=O)NCC(C)C(C)(C)C)ccn1. The average molecular weight is 299 g/mol. The van der Waals surface area contributed by atoms with E-state index >= 15 is 0 Å². The van der Waals surface area contributed by atoms with Crippen LogP contribution in [0.3, 0.4) is 0 Å². The smallest absolute Gasteiger partial charge is 0.240 e. The van der Waals surface area contributed by atoms with E-state index in [-0.39, 0.29) is 16.2 Å². The molecule has 0 saturated carbocycles. The third-order valence-electron chi connectivity index (χ3n) is 3.46. The monoisotopic (exact) mass is 299 g/mol. The third-order valence-corrected chi connectivity index (χ3v) is 4.88. The molecule has 0 aliphatic heterocycles. The van der Waals surface area contributed by atoms with Gasteiger partial charge in [-0.05, 0) is 24.3 Å². The first kappa shape index (κ1) is 16.9. The van der Waals surface area contributed by atoms with Crippen molar-refractivity contribution in [1.82, 2.24) is 9.71 Å². The summed E-state index contributed by atoms with van der Waals surface area (Å²) in [4.78, 5) is 4.31. The van der Waals surface area contributed by atoms with Crippen LogP contribution in [0.1, 0.15) is 34.6 Å². The van der Waals surface area contributed by atoms with Crippen LogP contribution in [0.2, 0.25) is 0 Å². The van der Waals surface area contributed by atoms with E-state index in [0.717, 1.165) is 0 Å². The molecule has 1 atom stereocenters. The summed E-state index contributed by atoms with van der Waals surface area (Å²) in [6, 6.07) is 3.05. The number of nitrogens with zero attached hydrogens (tertiary/aromatic N) is 1. The lowest BCUT2D eigenvalue weighted by Gasteiger charge is -2.27. The molecule has 1 heterocycles. The first-order valence-corrected chi connectivity index (χ1v) is 8.34. The fourth-order valence-electron chi connectivity index (χ4n) is 1.48. The Morgan fingerprint density at radius 1 is 1.35 bits per heavy atom. The van der Waals surface area contributed by atoms with Crippen LogP contribution in [0.15, 0.2) is 23.2 Å². The van der Waals surface area contributed by atoms with Gasteiger partial charge >= 0.3 is 0 Å². The molecule has 1 unspecified atom stereocenters. The largest absolute Gasteiger partial charge is 0.370 e. The number of hydrogen-bond acceptors (Lipinski definition) is 4. The van der Waals surface area contributed by atoms with Gasteiger partial charge in [0.1, 0.15) is 5.82 Å². The number of nitrogens with one attached hydrogen (secondary N) is 2. The molecule has 0 amide bonds. The molecule has 0 fully saturated rings. The predicted octanol–water partition coefficient (Wildman–Crippen LogP) is 2.47. The molecule has 1 aromatic rings. The molecule has 0 bridgehead atoms. The van der Waals surface area contributed by atoms with Crippen molar-refractivity contribution in [3.05, 3.63) is 18.3 Å². The van der Waals surface area contributed by atoms with Gasteiger partial charge in [-0.15, -0.1) is 0 Å². The molecule has 1 rings (SSSR count). The Balaban J connectivity index is 2.81. The van der Waals surface area contributed by atoms with Gasteiger partial charge in [0.2, 0.25) is 10.0 Å². The van der Waals surface area contributed by atoms with E-state index in [1.807, 2.05) is 13.8 Å². The Bertz CT molecular complexity index is 536. The van der Waals surface area contributed by atoms with Crippen LogP contribution in [0.5, 0.6) is 0 Å². The highest BCUT2D eigenvalue weighted by Crippen LogP contribution is 2.25. The van der Waals surface area contributed by atoms with Crippen LogP contribution in [-0.2, 0) is 10.0 Å². The Morgan fingerprint density at radius 2 is 2.00 bits per heavy atom. The van der Waals surface area contributed by atoms with Crippen LogP contribution in [0.4, 0.5) is 5.82 Å². The van der Waals surface area contributed by atoms with Crippen molar-refractivity contribution in [1.29, 1.82) is 0 Å². The molecule has 0 saturated heterocycles. The quantitative estimate of drug-likeness (QED) is 0.846. The van der Waals surface area contributed by atoms with Crippen molar-refractivity contribution in [2.45, 2.75) is 39.5 Å². The molecule has 0 aliphatic rings. The summed E-state index contributed by atoms with van der Waals surface area (Å²) in [5.41, 5.74) is 0.0652.